The minimum Gasteiger partial charge on any atom is -0.339 e. The number of amides is 1. The summed E-state index contributed by atoms with van der Waals surface area (Å²) in [6.07, 6.45) is 3.39. The van der Waals surface area contributed by atoms with Crippen molar-refractivity contribution in [2.24, 2.45) is 0 Å². The standard InChI is InChI=1S/C21H24N4O/c1-3-18(25-19-11-6-5-10-17(19)23-20(25)4-2)21(26)24-13-15(14-24)16-9-7-8-12-22-16/h5-12,15,18H,3-4,13-14H2,1-2H3/t18-/m1/s1. The SMILES string of the molecule is CCc1nc2ccccc2n1[C@H](CC)C(=O)N1CC(c2ccccn2)C1. The molecule has 0 bridgehead atoms. The first kappa shape index (κ1) is 16.8. The predicted molar refractivity (Wildman–Crippen MR) is 102 cm³/mol. The summed E-state index contributed by atoms with van der Waals surface area (Å²) in [7, 11) is 0. The Morgan fingerprint density at radius 1 is 1.15 bits per heavy atom. The molecule has 1 amide bonds. The molecule has 0 radical (unpaired) electrons. The number of imidazole rings is 1. The molecular weight excluding hydrogens is 324 g/mol. The Morgan fingerprint density at radius 3 is 2.62 bits per heavy atom. The minimum atomic E-state index is -0.193. The summed E-state index contributed by atoms with van der Waals surface area (Å²) in [5.74, 6) is 1.52. The number of pyridine rings is 1. The minimum absolute atomic E-state index is 0.192. The number of para-hydroxylation sites is 2. The molecule has 0 saturated carbocycles. The van der Waals surface area contributed by atoms with E-state index < -0.39 is 0 Å². The Bertz CT molecular complexity index is 912. The van der Waals surface area contributed by atoms with Gasteiger partial charge in [-0.05, 0) is 30.7 Å². The smallest absolute Gasteiger partial charge is 0.245 e. The number of rotatable bonds is 5. The van der Waals surface area contributed by atoms with Crippen LogP contribution >= 0.6 is 0 Å². The van der Waals surface area contributed by atoms with E-state index in [2.05, 4.69) is 29.5 Å². The van der Waals surface area contributed by atoms with Gasteiger partial charge in [-0.2, -0.15) is 0 Å². The molecule has 1 aliphatic rings. The van der Waals surface area contributed by atoms with Crippen LogP contribution in [0.3, 0.4) is 0 Å². The first-order valence-corrected chi connectivity index (χ1v) is 9.38. The van der Waals surface area contributed by atoms with Crippen LogP contribution in [0, 0.1) is 0 Å². The van der Waals surface area contributed by atoms with Gasteiger partial charge in [0.1, 0.15) is 11.9 Å². The van der Waals surface area contributed by atoms with Gasteiger partial charge >= 0.3 is 0 Å². The van der Waals surface area contributed by atoms with E-state index in [1.165, 1.54) is 0 Å². The number of aryl methyl sites for hydroxylation is 1. The lowest BCUT2D eigenvalue weighted by Gasteiger charge is -2.41. The van der Waals surface area contributed by atoms with Crippen molar-refractivity contribution < 1.29 is 4.79 Å². The Morgan fingerprint density at radius 2 is 1.92 bits per heavy atom. The van der Waals surface area contributed by atoms with Gasteiger partial charge in [0, 0.05) is 37.3 Å². The third kappa shape index (κ3) is 2.77. The number of benzene rings is 1. The summed E-state index contributed by atoms with van der Waals surface area (Å²) < 4.78 is 2.14. The molecule has 1 aromatic carbocycles. The van der Waals surface area contributed by atoms with E-state index in [4.69, 9.17) is 4.98 Å². The first-order valence-electron chi connectivity index (χ1n) is 9.38. The highest BCUT2D eigenvalue weighted by molar-refractivity contribution is 5.85. The fourth-order valence-corrected chi connectivity index (χ4v) is 3.83. The van der Waals surface area contributed by atoms with Crippen molar-refractivity contribution in [3.05, 3.63) is 60.2 Å². The second-order valence-corrected chi connectivity index (χ2v) is 6.86. The Hall–Kier alpha value is -2.69. The van der Waals surface area contributed by atoms with E-state index in [1.54, 1.807) is 0 Å². The summed E-state index contributed by atoms with van der Waals surface area (Å²) in [5, 5.41) is 0. The highest BCUT2D eigenvalue weighted by Gasteiger charge is 2.36. The average molecular weight is 348 g/mol. The highest BCUT2D eigenvalue weighted by Crippen LogP contribution is 2.31. The lowest BCUT2D eigenvalue weighted by molar-refractivity contribution is -0.139. The first-order chi connectivity index (χ1) is 12.7. The molecule has 1 aliphatic heterocycles. The van der Waals surface area contributed by atoms with E-state index in [1.807, 2.05) is 47.5 Å². The third-order valence-electron chi connectivity index (χ3n) is 5.27. The number of hydrogen-bond acceptors (Lipinski definition) is 3. The molecule has 0 unspecified atom stereocenters. The molecule has 3 heterocycles. The molecule has 5 nitrogen and oxygen atoms in total. The van der Waals surface area contributed by atoms with E-state index >= 15 is 0 Å². The zero-order chi connectivity index (χ0) is 18.1. The molecule has 3 aromatic rings. The van der Waals surface area contributed by atoms with Crippen LogP contribution in [-0.4, -0.2) is 38.4 Å². The number of likely N-dealkylation sites (tertiary alicyclic amines) is 1. The zero-order valence-electron chi connectivity index (χ0n) is 15.3. The van der Waals surface area contributed by atoms with Crippen molar-refractivity contribution in [1.82, 2.24) is 19.4 Å². The normalized spacial score (nSPS) is 15.8. The van der Waals surface area contributed by atoms with Gasteiger partial charge in [-0.1, -0.05) is 32.0 Å². The van der Waals surface area contributed by atoms with Gasteiger partial charge in [-0.25, -0.2) is 4.98 Å². The maximum atomic E-state index is 13.2. The summed E-state index contributed by atoms with van der Waals surface area (Å²) >= 11 is 0. The number of hydrogen-bond donors (Lipinski definition) is 0. The summed E-state index contributed by atoms with van der Waals surface area (Å²) in [6, 6.07) is 13.9. The van der Waals surface area contributed by atoms with Crippen LogP contribution < -0.4 is 0 Å². The van der Waals surface area contributed by atoms with Gasteiger partial charge in [-0.15, -0.1) is 0 Å². The number of carbonyl (C=O) groups is 1. The second-order valence-electron chi connectivity index (χ2n) is 6.86. The Kier molecular flexibility index (Phi) is 4.45. The number of aromatic nitrogens is 3. The van der Waals surface area contributed by atoms with Crippen LogP contribution in [0.4, 0.5) is 0 Å². The quantitative estimate of drug-likeness (QED) is 0.708. The van der Waals surface area contributed by atoms with Crippen LogP contribution in [0.5, 0.6) is 0 Å². The number of nitrogens with zero attached hydrogens (tertiary/aromatic N) is 4. The third-order valence-corrected chi connectivity index (χ3v) is 5.27. The topological polar surface area (TPSA) is 51.0 Å². The van der Waals surface area contributed by atoms with E-state index in [-0.39, 0.29) is 11.9 Å². The van der Waals surface area contributed by atoms with Crippen LogP contribution in [0.25, 0.3) is 11.0 Å². The van der Waals surface area contributed by atoms with Gasteiger partial charge in [0.15, 0.2) is 0 Å². The van der Waals surface area contributed by atoms with Gasteiger partial charge < -0.3 is 9.47 Å². The average Bonchev–Trinajstić information content (AvgIpc) is 3.01. The summed E-state index contributed by atoms with van der Waals surface area (Å²) in [5.41, 5.74) is 3.09. The van der Waals surface area contributed by atoms with Crippen molar-refractivity contribution in [3.8, 4) is 0 Å². The lowest BCUT2D eigenvalue weighted by Crippen LogP contribution is -2.51. The largest absolute Gasteiger partial charge is 0.339 e. The molecule has 1 saturated heterocycles. The number of carbonyl (C=O) groups excluding carboxylic acids is 1. The van der Waals surface area contributed by atoms with Gasteiger partial charge in [0.2, 0.25) is 5.91 Å². The van der Waals surface area contributed by atoms with Crippen molar-refractivity contribution in [2.45, 2.75) is 38.6 Å². The molecule has 0 N–H and O–H groups in total. The van der Waals surface area contributed by atoms with E-state index in [0.29, 0.717) is 5.92 Å². The van der Waals surface area contributed by atoms with Crippen LogP contribution in [-0.2, 0) is 11.2 Å². The van der Waals surface area contributed by atoms with Crippen molar-refractivity contribution in [3.63, 3.8) is 0 Å². The molecule has 134 valence electrons. The Balaban J connectivity index is 1.58. The lowest BCUT2D eigenvalue weighted by atomic mass is 9.94. The molecule has 2 aromatic heterocycles. The van der Waals surface area contributed by atoms with E-state index in [9.17, 15) is 4.79 Å². The highest BCUT2D eigenvalue weighted by atomic mass is 16.2. The van der Waals surface area contributed by atoms with Crippen molar-refractivity contribution in [1.29, 1.82) is 0 Å². The monoisotopic (exact) mass is 348 g/mol. The molecular formula is C21H24N4O. The zero-order valence-corrected chi connectivity index (χ0v) is 15.3. The van der Waals surface area contributed by atoms with Crippen LogP contribution in [0.2, 0.25) is 0 Å². The Labute approximate surface area is 153 Å². The predicted octanol–water partition coefficient (Wildman–Crippen LogP) is 3.57. The van der Waals surface area contributed by atoms with E-state index in [0.717, 1.165) is 48.5 Å². The molecule has 0 spiro atoms. The molecule has 1 atom stereocenters. The van der Waals surface area contributed by atoms with Crippen molar-refractivity contribution in [2.75, 3.05) is 13.1 Å². The molecule has 4 rings (SSSR count). The maximum absolute atomic E-state index is 13.2. The molecule has 5 heteroatoms. The second kappa shape index (κ2) is 6.90. The summed E-state index contributed by atoms with van der Waals surface area (Å²) in [6.45, 7) is 5.67. The van der Waals surface area contributed by atoms with Gasteiger partial charge in [0.05, 0.1) is 11.0 Å². The number of fused-ring (bicyclic) bond motifs is 1. The molecule has 0 aliphatic carbocycles. The molecule has 26 heavy (non-hydrogen) atoms. The van der Waals surface area contributed by atoms with Crippen LogP contribution in [0.1, 0.15) is 43.7 Å². The summed E-state index contributed by atoms with van der Waals surface area (Å²) in [4.78, 5) is 24.3. The van der Waals surface area contributed by atoms with Crippen molar-refractivity contribution >= 4 is 16.9 Å². The van der Waals surface area contributed by atoms with Gasteiger partial charge in [-0.3, -0.25) is 9.78 Å². The fraction of sp³-hybridized carbons (Fsp3) is 0.381. The maximum Gasteiger partial charge on any atom is 0.245 e. The van der Waals surface area contributed by atoms with Gasteiger partial charge in [0.25, 0.3) is 0 Å². The fourth-order valence-electron chi connectivity index (χ4n) is 3.83. The molecule has 1 fully saturated rings. The van der Waals surface area contributed by atoms with Crippen LogP contribution in [0.15, 0.2) is 48.7 Å².